The van der Waals surface area contributed by atoms with Crippen LogP contribution in [0.25, 0.3) is 0 Å². The summed E-state index contributed by atoms with van der Waals surface area (Å²) in [7, 11) is 0. The number of hydrogen-bond donors (Lipinski definition) is 2. The Morgan fingerprint density at radius 3 is 2.35 bits per heavy atom. The molecular weight excluding hydrogens is 341 g/mol. The first-order chi connectivity index (χ1) is 12.5. The van der Waals surface area contributed by atoms with E-state index in [-0.39, 0.29) is 18.6 Å². The van der Waals surface area contributed by atoms with Crippen LogP contribution in [0, 0.1) is 5.82 Å². The number of carboxylic acids is 1. The van der Waals surface area contributed by atoms with E-state index in [4.69, 9.17) is 4.74 Å². The summed E-state index contributed by atoms with van der Waals surface area (Å²) in [6.45, 7) is -0.0256. The molecule has 0 aliphatic rings. The molecule has 1 atom stereocenters. The Bertz CT molecular complexity index is 779. The lowest BCUT2D eigenvalue weighted by molar-refractivity contribution is -0.141. The third-order valence-corrected chi connectivity index (χ3v) is 3.58. The number of aliphatic carboxylic acids is 1. The largest absolute Gasteiger partial charge is 0.480 e. The summed E-state index contributed by atoms with van der Waals surface area (Å²) in [5.41, 5.74) is 0.915. The highest BCUT2D eigenvalue weighted by molar-refractivity contribution is 5.89. The maximum absolute atomic E-state index is 13.6. The number of amides is 1. The number of hydrogen-bond acceptors (Lipinski definition) is 4. The van der Waals surface area contributed by atoms with Crippen LogP contribution < -0.4 is 5.32 Å². The Morgan fingerprint density at radius 2 is 1.69 bits per heavy atom. The fourth-order valence-corrected chi connectivity index (χ4v) is 2.26. The van der Waals surface area contributed by atoms with Crippen LogP contribution in [0.4, 0.5) is 9.18 Å². The first-order valence-electron chi connectivity index (χ1n) is 7.91. The summed E-state index contributed by atoms with van der Waals surface area (Å²) in [6.07, 6.45) is -1.67. The van der Waals surface area contributed by atoms with Crippen LogP contribution in [0.2, 0.25) is 0 Å². The summed E-state index contributed by atoms with van der Waals surface area (Å²) in [5, 5.41) is 11.3. The summed E-state index contributed by atoms with van der Waals surface area (Å²) in [5.74, 6) is -2.42. The second kappa shape index (κ2) is 9.31. The van der Waals surface area contributed by atoms with Crippen molar-refractivity contribution < 1.29 is 28.6 Å². The van der Waals surface area contributed by atoms with E-state index < -0.39 is 36.1 Å². The smallest absolute Gasteiger partial charge is 0.408 e. The number of ether oxygens (including phenoxy) is 1. The molecule has 7 heteroatoms. The molecule has 1 amide bonds. The normalized spacial score (nSPS) is 11.4. The average Bonchev–Trinajstić information content (AvgIpc) is 2.62. The van der Waals surface area contributed by atoms with E-state index in [2.05, 4.69) is 5.32 Å². The zero-order valence-electron chi connectivity index (χ0n) is 13.9. The third kappa shape index (κ3) is 6.01. The predicted octanol–water partition coefficient (Wildman–Crippen LogP) is 2.71. The quantitative estimate of drug-likeness (QED) is 0.756. The Hall–Kier alpha value is -3.22. The highest BCUT2D eigenvalue weighted by Gasteiger charge is 2.24. The number of carbonyl (C=O) groups is 3. The van der Waals surface area contributed by atoms with Crippen LogP contribution in [0.3, 0.4) is 0 Å². The van der Waals surface area contributed by atoms with Crippen LogP contribution in [0.5, 0.6) is 0 Å². The fourth-order valence-electron chi connectivity index (χ4n) is 2.26. The Kier molecular flexibility index (Phi) is 6.84. The van der Waals surface area contributed by atoms with Gasteiger partial charge >= 0.3 is 12.1 Å². The predicted molar refractivity (Wildman–Crippen MR) is 90.9 cm³/mol. The first kappa shape index (κ1) is 19.1. The molecule has 0 aliphatic carbocycles. The van der Waals surface area contributed by atoms with Gasteiger partial charge in [0.25, 0.3) is 0 Å². The molecule has 0 radical (unpaired) electrons. The molecule has 2 aromatic carbocycles. The summed E-state index contributed by atoms with van der Waals surface area (Å²) >= 11 is 0. The SMILES string of the molecule is O=C(Cc1ccccc1F)CC(NC(=O)OCc1ccccc1)C(=O)O. The van der Waals surface area contributed by atoms with Crippen molar-refractivity contribution in [1.29, 1.82) is 0 Å². The van der Waals surface area contributed by atoms with Gasteiger partial charge in [-0.3, -0.25) is 4.79 Å². The lowest BCUT2D eigenvalue weighted by Crippen LogP contribution is -2.42. The molecule has 26 heavy (non-hydrogen) atoms. The maximum Gasteiger partial charge on any atom is 0.408 e. The molecule has 1 unspecified atom stereocenters. The molecule has 0 saturated carbocycles. The van der Waals surface area contributed by atoms with Crippen LogP contribution in [0.15, 0.2) is 54.6 Å². The van der Waals surface area contributed by atoms with Gasteiger partial charge in [-0.25, -0.2) is 14.0 Å². The minimum atomic E-state index is -1.45. The molecule has 2 N–H and O–H groups in total. The topological polar surface area (TPSA) is 92.7 Å². The molecule has 136 valence electrons. The first-order valence-corrected chi connectivity index (χ1v) is 7.91. The summed E-state index contributed by atoms with van der Waals surface area (Å²) < 4.78 is 18.5. The molecular formula is C19H18FNO5. The van der Waals surface area contributed by atoms with Gasteiger partial charge in [0, 0.05) is 12.8 Å². The Labute approximate surface area is 149 Å². The molecule has 2 aromatic rings. The molecule has 0 saturated heterocycles. The van der Waals surface area contributed by atoms with E-state index in [1.807, 2.05) is 6.07 Å². The lowest BCUT2D eigenvalue weighted by Gasteiger charge is -2.14. The highest BCUT2D eigenvalue weighted by atomic mass is 19.1. The van der Waals surface area contributed by atoms with E-state index in [1.54, 1.807) is 30.3 Å². The van der Waals surface area contributed by atoms with Gasteiger partial charge < -0.3 is 15.2 Å². The Morgan fingerprint density at radius 1 is 1.04 bits per heavy atom. The van der Waals surface area contributed by atoms with E-state index in [9.17, 15) is 23.9 Å². The zero-order chi connectivity index (χ0) is 18.9. The van der Waals surface area contributed by atoms with Crippen LogP contribution >= 0.6 is 0 Å². The standard InChI is InChI=1S/C19H18FNO5/c20-16-9-5-4-8-14(16)10-15(22)11-17(18(23)24)21-19(25)26-12-13-6-2-1-3-7-13/h1-9,17H,10-12H2,(H,21,25)(H,23,24). The molecule has 0 aromatic heterocycles. The van der Waals surface area contributed by atoms with Gasteiger partial charge in [0.2, 0.25) is 0 Å². The van der Waals surface area contributed by atoms with Gasteiger partial charge in [-0.1, -0.05) is 48.5 Å². The Balaban J connectivity index is 1.87. The van der Waals surface area contributed by atoms with Gasteiger partial charge in [-0.2, -0.15) is 0 Å². The molecule has 0 fully saturated rings. The van der Waals surface area contributed by atoms with E-state index in [0.29, 0.717) is 0 Å². The zero-order valence-corrected chi connectivity index (χ0v) is 13.9. The van der Waals surface area contributed by atoms with E-state index >= 15 is 0 Å². The van der Waals surface area contributed by atoms with Crippen molar-refractivity contribution in [3.63, 3.8) is 0 Å². The number of alkyl carbamates (subject to hydrolysis) is 1. The van der Waals surface area contributed by atoms with Crippen molar-refractivity contribution in [3.05, 3.63) is 71.5 Å². The lowest BCUT2D eigenvalue weighted by atomic mass is 10.0. The van der Waals surface area contributed by atoms with Gasteiger partial charge in [-0.05, 0) is 17.2 Å². The van der Waals surface area contributed by atoms with Crippen molar-refractivity contribution in [2.75, 3.05) is 0 Å². The average molecular weight is 359 g/mol. The second-order valence-corrected chi connectivity index (χ2v) is 5.61. The van der Waals surface area contributed by atoms with E-state index in [0.717, 1.165) is 5.56 Å². The van der Waals surface area contributed by atoms with Crippen LogP contribution in [0.1, 0.15) is 17.5 Å². The number of rotatable bonds is 8. The highest BCUT2D eigenvalue weighted by Crippen LogP contribution is 2.09. The minimum Gasteiger partial charge on any atom is -0.480 e. The van der Waals surface area contributed by atoms with Gasteiger partial charge in [0.05, 0.1) is 0 Å². The maximum atomic E-state index is 13.6. The van der Waals surface area contributed by atoms with Crippen molar-refractivity contribution in [2.45, 2.75) is 25.5 Å². The number of carbonyl (C=O) groups excluding carboxylic acids is 2. The number of benzene rings is 2. The van der Waals surface area contributed by atoms with Crippen molar-refractivity contribution in [3.8, 4) is 0 Å². The summed E-state index contributed by atoms with van der Waals surface area (Å²) in [4.78, 5) is 35.0. The third-order valence-electron chi connectivity index (χ3n) is 3.58. The van der Waals surface area contributed by atoms with Crippen molar-refractivity contribution in [1.82, 2.24) is 5.32 Å². The monoisotopic (exact) mass is 359 g/mol. The molecule has 0 bridgehead atoms. The molecule has 0 aliphatic heterocycles. The van der Waals surface area contributed by atoms with Crippen molar-refractivity contribution >= 4 is 17.8 Å². The van der Waals surface area contributed by atoms with Crippen molar-refractivity contribution in [2.24, 2.45) is 0 Å². The minimum absolute atomic E-state index is 0.0256. The molecule has 2 rings (SSSR count). The van der Waals surface area contributed by atoms with Gasteiger partial charge in [0.1, 0.15) is 24.2 Å². The van der Waals surface area contributed by atoms with E-state index in [1.165, 1.54) is 18.2 Å². The van der Waals surface area contributed by atoms with Crippen LogP contribution in [-0.2, 0) is 27.4 Å². The number of nitrogens with one attached hydrogen (secondary N) is 1. The molecule has 0 spiro atoms. The van der Waals surface area contributed by atoms with Crippen LogP contribution in [-0.4, -0.2) is 29.0 Å². The number of carboxylic acid groups (broad SMARTS) is 1. The molecule has 0 heterocycles. The number of ketones is 1. The summed E-state index contributed by atoms with van der Waals surface area (Å²) in [6, 6.07) is 13.2. The second-order valence-electron chi connectivity index (χ2n) is 5.61. The number of halogens is 1. The fraction of sp³-hybridized carbons (Fsp3) is 0.211. The van der Waals surface area contributed by atoms with Gasteiger partial charge in [0.15, 0.2) is 0 Å². The van der Waals surface area contributed by atoms with Gasteiger partial charge in [-0.15, -0.1) is 0 Å². The number of Topliss-reactive ketones (excluding diaryl/α,β-unsaturated/α-hetero) is 1. The molecule has 6 nitrogen and oxygen atoms in total.